The number of carbonyl (C=O) groups is 4. The van der Waals surface area contributed by atoms with Crippen LogP contribution in [0, 0.1) is 11.7 Å². The number of hydrogen-bond donors (Lipinski definition) is 2. The SMILES string of the molecule is C[C@@H]1CCCC[C@@]12NC(=O)N(CC(=O)OCC(=O)N[C@H](c1ccc(F)cc1)c1cccs1)C2=O. The highest BCUT2D eigenvalue weighted by molar-refractivity contribution is 7.10. The highest BCUT2D eigenvalue weighted by Gasteiger charge is 2.55. The normalized spacial score (nSPS) is 23.0. The number of urea groups is 1. The lowest BCUT2D eigenvalue weighted by Crippen LogP contribution is -2.54. The summed E-state index contributed by atoms with van der Waals surface area (Å²) in [4.78, 5) is 52.0. The first-order chi connectivity index (χ1) is 16.3. The van der Waals surface area contributed by atoms with E-state index in [-0.39, 0.29) is 11.7 Å². The van der Waals surface area contributed by atoms with Crippen molar-refractivity contribution in [3.63, 3.8) is 0 Å². The largest absolute Gasteiger partial charge is 0.454 e. The molecule has 1 aliphatic heterocycles. The lowest BCUT2D eigenvalue weighted by molar-refractivity contribution is -0.151. The second-order valence-electron chi connectivity index (χ2n) is 8.67. The molecule has 0 bridgehead atoms. The molecular formula is C24H26FN3O5S. The van der Waals surface area contributed by atoms with Gasteiger partial charge in [0.25, 0.3) is 11.8 Å². The number of thiophene rings is 1. The van der Waals surface area contributed by atoms with E-state index in [1.165, 1.54) is 23.5 Å². The van der Waals surface area contributed by atoms with Crippen molar-refractivity contribution in [2.45, 2.75) is 44.2 Å². The summed E-state index contributed by atoms with van der Waals surface area (Å²) < 4.78 is 18.4. The third-order valence-electron chi connectivity index (χ3n) is 6.49. The molecule has 2 aliphatic rings. The van der Waals surface area contributed by atoms with Gasteiger partial charge in [-0.15, -0.1) is 11.3 Å². The van der Waals surface area contributed by atoms with E-state index in [9.17, 15) is 23.6 Å². The number of hydrogen-bond acceptors (Lipinski definition) is 6. The number of nitrogens with one attached hydrogen (secondary N) is 2. The van der Waals surface area contributed by atoms with Crippen LogP contribution in [0.4, 0.5) is 9.18 Å². The summed E-state index contributed by atoms with van der Waals surface area (Å²) in [5.74, 6) is -2.25. The van der Waals surface area contributed by atoms with Gasteiger partial charge in [-0.3, -0.25) is 19.3 Å². The average molecular weight is 488 g/mol. The van der Waals surface area contributed by atoms with Gasteiger partial charge < -0.3 is 15.4 Å². The molecule has 2 N–H and O–H groups in total. The fourth-order valence-electron chi connectivity index (χ4n) is 4.59. The zero-order chi connectivity index (χ0) is 24.3. The van der Waals surface area contributed by atoms with Crippen LogP contribution >= 0.6 is 11.3 Å². The fourth-order valence-corrected chi connectivity index (χ4v) is 5.39. The molecule has 1 saturated carbocycles. The van der Waals surface area contributed by atoms with E-state index < -0.39 is 48.5 Å². The summed E-state index contributed by atoms with van der Waals surface area (Å²) in [5.41, 5.74) is -0.287. The Bertz CT molecular complexity index is 1070. The molecule has 180 valence electrons. The molecule has 2 heterocycles. The third-order valence-corrected chi connectivity index (χ3v) is 7.43. The number of rotatable bonds is 7. The minimum atomic E-state index is -0.962. The van der Waals surface area contributed by atoms with Crippen LogP contribution < -0.4 is 10.6 Å². The number of benzene rings is 1. The molecular weight excluding hydrogens is 461 g/mol. The van der Waals surface area contributed by atoms with Crippen LogP contribution in [0.5, 0.6) is 0 Å². The minimum Gasteiger partial charge on any atom is -0.454 e. The minimum absolute atomic E-state index is 0.0230. The first-order valence-corrected chi connectivity index (χ1v) is 12.1. The van der Waals surface area contributed by atoms with Gasteiger partial charge in [-0.2, -0.15) is 0 Å². The Morgan fingerprint density at radius 2 is 2.03 bits per heavy atom. The van der Waals surface area contributed by atoms with Crippen molar-refractivity contribution in [2.75, 3.05) is 13.2 Å². The lowest BCUT2D eigenvalue weighted by atomic mass is 9.73. The van der Waals surface area contributed by atoms with Crippen LogP contribution in [0.25, 0.3) is 0 Å². The molecule has 2 aromatic rings. The lowest BCUT2D eigenvalue weighted by Gasteiger charge is -2.36. The predicted molar refractivity (Wildman–Crippen MR) is 122 cm³/mol. The Labute approximate surface area is 200 Å². The molecule has 8 nitrogen and oxygen atoms in total. The summed E-state index contributed by atoms with van der Waals surface area (Å²) in [6, 6.07) is 8.28. The predicted octanol–water partition coefficient (Wildman–Crippen LogP) is 3.14. The van der Waals surface area contributed by atoms with Crippen molar-refractivity contribution in [1.29, 1.82) is 0 Å². The van der Waals surface area contributed by atoms with Gasteiger partial charge in [0.2, 0.25) is 0 Å². The number of ether oxygens (including phenoxy) is 1. The second kappa shape index (κ2) is 9.92. The molecule has 1 aliphatic carbocycles. The van der Waals surface area contributed by atoms with E-state index in [2.05, 4.69) is 10.6 Å². The Kier molecular flexibility index (Phi) is 6.97. The first-order valence-electron chi connectivity index (χ1n) is 11.2. The van der Waals surface area contributed by atoms with E-state index in [0.29, 0.717) is 12.0 Å². The van der Waals surface area contributed by atoms with Crippen molar-refractivity contribution in [3.05, 3.63) is 58.0 Å². The van der Waals surface area contributed by atoms with E-state index in [4.69, 9.17) is 4.74 Å². The number of imide groups is 1. The molecule has 2 fully saturated rings. The van der Waals surface area contributed by atoms with Crippen molar-refractivity contribution in [1.82, 2.24) is 15.5 Å². The van der Waals surface area contributed by atoms with Crippen LogP contribution in [0.1, 0.15) is 49.1 Å². The maximum absolute atomic E-state index is 13.3. The number of carbonyl (C=O) groups excluding carboxylic acids is 4. The molecule has 0 unspecified atom stereocenters. The molecule has 10 heteroatoms. The third kappa shape index (κ3) is 4.82. The Morgan fingerprint density at radius 3 is 2.71 bits per heavy atom. The fraction of sp³-hybridized carbons (Fsp3) is 0.417. The molecule has 1 aromatic heterocycles. The zero-order valence-electron chi connectivity index (χ0n) is 18.7. The van der Waals surface area contributed by atoms with Gasteiger partial charge >= 0.3 is 12.0 Å². The maximum Gasteiger partial charge on any atom is 0.326 e. The van der Waals surface area contributed by atoms with Crippen molar-refractivity contribution >= 4 is 35.2 Å². The van der Waals surface area contributed by atoms with Crippen LogP contribution in [-0.4, -0.2) is 47.4 Å². The maximum atomic E-state index is 13.3. The standard InChI is InChI=1S/C24H26FN3O5S/c1-15-5-2-3-11-24(15)22(31)28(23(32)27-24)13-20(30)33-14-19(29)26-21(18-6-4-12-34-18)16-7-9-17(25)10-8-16/h4,6-10,12,15,21H,2-3,5,11,13-14H2,1H3,(H,26,29)(H,27,32)/t15-,21-,24-/m1/s1. The molecule has 1 aromatic carbocycles. The van der Waals surface area contributed by atoms with Crippen molar-refractivity contribution in [2.24, 2.45) is 5.92 Å². The summed E-state index contributed by atoms with van der Waals surface area (Å²) in [6.45, 7) is 0.792. The quantitative estimate of drug-likeness (QED) is 0.461. The number of nitrogens with zero attached hydrogens (tertiary/aromatic N) is 1. The van der Waals surface area contributed by atoms with Gasteiger partial charge in [0.1, 0.15) is 17.9 Å². The topological polar surface area (TPSA) is 105 Å². The molecule has 34 heavy (non-hydrogen) atoms. The summed E-state index contributed by atoms with van der Waals surface area (Å²) in [7, 11) is 0. The Morgan fingerprint density at radius 1 is 1.26 bits per heavy atom. The van der Waals surface area contributed by atoms with Gasteiger partial charge in [-0.05, 0) is 47.9 Å². The first kappa shape index (κ1) is 23.9. The number of amides is 4. The van der Waals surface area contributed by atoms with Crippen molar-refractivity contribution in [3.8, 4) is 0 Å². The molecule has 1 spiro atoms. The van der Waals surface area contributed by atoms with E-state index in [1.54, 1.807) is 12.1 Å². The van der Waals surface area contributed by atoms with Crippen LogP contribution in [0.15, 0.2) is 41.8 Å². The van der Waals surface area contributed by atoms with Gasteiger partial charge in [0, 0.05) is 4.88 Å². The molecule has 3 atom stereocenters. The highest BCUT2D eigenvalue weighted by Crippen LogP contribution is 2.38. The summed E-state index contributed by atoms with van der Waals surface area (Å²) in [5, 5.41) is 7.42. The van der Waals surface area contributed by atoms with Crippen LogP contribution in [0.3, 0.4) is 0 Å². The summed E-state index contributed by atoms with van der Waals surface area (Å²) in [6.07, 6.45) is 3.19. The smallest absolute Gasteiger partial charge is 0.326 e. The highest BCUT2D eigenvalue weighted by atomic mass is 32.1. The second-order valence-corrected chi connectivity index (χ2v) is 9.65. The number of halogens is 1. The average Bonchev–Trinajstić information content (AvgIpc) is 3.43. The van der Waals surface area contributed by atoms with E-state index in [0.717, 1.165) is 29.0 Å². The van der Waals surface area contributed by atoms with E-state index in [1.807, 2.05) is 24.4 Å². The van der Waals surface area contributed by atoms with Gasteiger partial charge in [0.05, 0.1) is 6.04 Å². The molecule has 1 saturated heterocycles. The zero-order valence-corrected chi connectivity index (χ0v) is 19.5. The van der Waals surface area contributed by atoms with E-state index >= 15 is 0 Å². The molecule has 4 amide bonds. The number of esters is 1. The Balaban J connectivity index is 1.34. The molecule has 0 radical (unpaired) electrons. The molecule has 4 rings (SSSR count). The van der Waals surface area contributed by atoms with Gasteiger partial charge in [0.15, 0.2) is 6.61 Å². The van der Waals surface area contributed by atoms with Crippen molar-refractivity contribution < 1.29 is 28.3 Å². The van der Waals surface area contributed by atoms with Crippen LogP contribution in [-0.2, 0) is 19.1 Å². The monoisotopic (exact) mass is 487 g/mol. The summed E-state index contributed by atoms with van der Waals surface area (Å²) >= 11 is 1.42. The van der Waals surface area contributed by atoms with Gasteiger partial charge in [-0.25, -0.2) is 9.18 Å². The Hall–Kier alpha value is -3.27. The van der Waals surface area contributed by atoms with Gasteiger partial charge in [-0.1, -0.05) is 38.0 Å². The van der Waals surface area contributed by atoms with Crippen LogP contribution in [0.2, 0.25) is 0 Å².